The summed E-state index contributed by atoms with van der Waals surface area (Å²) in [5.74, 6) is 0.623. The molecule has 0 aliphatic carbocycles. The van der Waals surface area contributed by atoms with E-state index in [1.807, 2.05) is 13.0 Å². The number of anilines is 1. The summed E-state index contributed by atoms with van der Waals surface area (Å²) in [5, 5.41) is 12.4. The van der Waals surface area contributed by atoms with E-state index in [1.165, 1.54) is 0 Å². The van der Waals surface area contributed by atoms with Gasteiger partial charge in [-0.25, -0.2) is 4.68 Å². The molecule has 0 bridgehead atoms. The van der Waals surface area contributed by atoms with Gasteiger partial charge in [-0.2, -0.15) is 10.4 Å². The van der Waals surface area contributed by atoms with Crippen LogP contribution in [-0.4, -0.2) is 9.78 Å². The Kier molecular flexibility index (Phi) is 2.12. The molecular weight excluding hydrogens is 140 g/mol. The zero-order chi connectivity index (χ0) is 8.27. The van der Waals surface area contributed by atoms with Gasteiger partial charge in [-0.05, 0) is 6.92 Å². The van der Waals surface area contributed by atoms with Crippen molar-refractivity contribution in [2.45, 2.75) is 19.9 Å². The largest absolute Gasteiger partial charge is 0.384 e. The van der Waals surface area contributed by atoms with Crippen molar-refractivity contribution in [3.05, 3.63) is 11.8 Å². The summed E-state index contributed by atoms with van der Waals surface area (Å²) in [7, 11) is 0. The smallest absolute Gasteiger partial charge is 0.121 e. The Morgan fingerprint density at radius 2 is 2.55 bits per heavy atom. The molecule has 1 heterocycles. The number of hydrogen-bond acceptors (Lipinski definition) is 3. The van der Waals surface area contributed by atoms with E-state index in [0.29, 0.717) is 18.8 Å². The second kappa shape index (κ2) is 3.06. The van der Waals surface area contributed by atoms with E-state index < -0.39 is 0 Å². The van der Waals surface area contributed by atoms with Crippen molar-refractivity contribution in [1.82, 2.24) is 9.78 Å². The molecule has 58 valence electrons. The number of hydrogen-bond donors (Lipinski definition) is 1. The molecule has 0 unspecified atom stereocenters. The average molecular weight is 150 g/mol. The van der Waals surface area contributed by atoms with Crippen molar-refractivity contribution in [2.24, 2.45) is 0 Å². The topological polar surface area (TPSA) is 67.6 Å². The van der Waals surface area contributed by atoms with Crippen LogP contribution in [0.5, 0.6) is 0 Å². The number of nitrogen functional groups attached to an aromatic ring is 1. The van der Waals surface area contributed by atoms with E-state index in [9.17, 15) is 0 Å². The molecule has 0 aromatic carbocycles. The Morgan fingerprint density at radius 1 is 1.82 bits per heavy atom. The van der Waals surface area contributed by atoms with Crippen LogP contribution >= 0.6 is 0 Å². The number of nitriles is 1. The second-order valence-electron chi connectivity index (χ2n) is 2.34. The first kappa shape index (κ1) is 7.61. The van der Waals surface area contributed by atoms with Gasteiger partial charge in [0, 0.05) is 6.07 Å². The Balaban J connectivity index is 2.71. The highest BCUT2D eigenvalue weighted by atomic mass is 15.3. The summed E-state index contributed by atoms with van der Waals surface area (Å²) in [5.41, 5.74) is 6.46. The monoisotopic (exact) mass is 150 g/mol. The second-order valence-corrected chi connectivity index (χ2v) is 2.34. The predicted molar refractivity (Wildman–Crippen MR) is 41.6 cm³/mol. The number of rotatable bonds is 2. The first-order valence-corrected chi connectivity index (χ1v) is 3.41. The molecule has 0 radical (unpaired) electrons. The minimum Gasteiger partial charge on any atom is -0.384 e. The molecule has 4 heteroatoms. The van der Waals surface area contributed by atoms with Crippen LogP contribution in [0.3, 0.4) is 0 Å². The molecule has 0 saturated carbocycles. The SMILES string of the molecule is Cc1cc(N)n(CCC#N)n1. The molecule has 1 aromatic rings. The van der Waals surface area contributed by atoms with Gasteiger partial charge in [-0.3, -0.25) is 0 Å². The minimum atomic E-state index is 0.450. The lowest BCUT2D eigenvalue weighted by molar-refractivity contribution is 0.631. The number of aryl methyl sites for hydroxylation is 2. The van der Waals surface area contributed by atoms with Gasteiger partial charge in [0.1, 0.15) is 5.82 Å². The molecule has 4 nitrogen and oxygen atoms in total. The van der Waals surface area contributed by atoms with Gasteiger partial charge in [-0.1, -0.05) is 0 Å². The van der Waals surface area contributed by atoms with Crippen LogP contribution in [0.4, 0.5) is 5.82 Å². The highest BCUT2D eigenvalue weighted by molar-refractivity contribution is 5.30. The van der Waals surface area contributed by atoms with E-state index in [4.69, 9.17) is 11.0 Å². The first-order chi connectivity index (χ1) is 5.24. The molecule has 2 N–H and O–H groups in total. The van der Waals surface area contributed by atoms with Gasteiger partial charge < -0.3 is 5.73 Å². The Bertz CT molecular complexity index is 281. The van der Waals surface area contributed by atoms with Crippen LogP contribution in [0.25, 0.3) is 0 Å². The Labute approximate surface area is 65.2 Å². The van der Waals surface area contributed by atoms with Crippen LogP contribution in [0, 0.1) is 18.3 Å². The molecule has 0 amide bonds. The highest BCUT2D eigenvalue weighted by Crippen LogP contribution is 2.04. The van der Waals surface area contributed by atoms with Gasteiger partial charge >= 0.3 is 0 Å². The molecule has 1 aromatic heterocycles. The van der Waals surface area contributed by atoms with Crippen molar-refractivity contribution in [2.75, 3.05) is 5.73 Å². The summed E-state index contributed by atoms with van der Waals surface area (Å²) >= 11 is 0. The van der Waals surface area contributed by atoms with Crippen molar-refractivity contribution >= 4 is 5.82 Å². The van der Waals surface area contributed by atoms with Crippen molar-refractivity contribution in [3.63, 3.8) is 0 Å². The quantitative estimate of drug-likeness (QED) is 0.674. The zero-order valence-corrected chi connectivity index (χ0v) is 6.41. The molecule has 0 aliphatic rings. The molecule has 0 atom stereocenters. The van der Waals surface area contributed by atoms with Crippen LogP contribution in [0.2, 0.25) is 0 Å². The van der Waals surface area contributed by atoms with Gasteiger partial charge in [0.05, 0.1) is 24.7 Å². The maximum atomic E-state index is 8.29. The van der Waals surface area contributed by atoms with Gasteiger partial charge in [0.15, 0.2) is 0 Å². The summed E-state index contributed by atoms with van der Waals surface area (Å²) in [4.78, 5) is 0. The van der Waals surface area contributed by atoms with Gasteiger partial charge in [-0.15, -0.1) is 0 Å². The molecule has 0 aliphatic heterocycles. The minimum absolute atomic E-state index is 0.450. The van der Waals surface area contributed by atoms with Crippen molar-refractivity contribution < 1.29 is 0 Å². The van der Waals surface area contributed by atoms with E-state index in [-0.39, 0.29) is 0 Å². The van der Waals surface area contributed by atoms with Crippen LogP contribution < -0.4 is 5.73 Å². The Morgan fingerprint density at radius 3 is 3.00 bits per heavy atom. The van der Waals surface area contributed by atoms with Gasteiger partial charge in [0.25, 0.3) is 0 Å². The number of nitrogens with zero attached hydrogens (tertiary/aromatic N) is 3. The molecule has 1 rings (SSSR count). The summed E-state index contributed by atoms with van der Waals surface area (Å²) < 4.78 is 1.64. The first-order valence-electron chi connectivity index (χ1n) is 3.41. The summed E-state index contributed by atoms with van der Waals surface area (Å²) in [6.45, 7) is 2.45. The van der Waals surface area contributed by atoms with Crippen molar-refractivity contribution in [3.8, 4) is 6.07 Å². The fourth-order valence-electron chi connectivity index (χ4n) is 0.901. The third-order valence-electron chi connectivity index (χ3n) is 1.37. The predicted octanol–water partition coefficient (Wildman–Crippen LogP) is 0.687. The normalized spacial score (nSPS) is 9.45. The fraction of sp³-hybridized carbons (Fsp3) is 0.429. The lowest BCUT2D eigenvalue weighted by Gasteiger charge is -1.97. The number of nitrogens with two attached hydrogens (primary N) is 1. The van der Waals surface area contributed by atoms with Crippen LogP contribution in [0.1, 0.15) is 12.1 Å². The van der Waals surface area contributed by atoms with E-state index in [0.717, 1.165) is 5.69 Å². The van der Waals surface area contributed by atoms with E-state index >= 15 is 0 Å². The van der Waals surface area contributed by atoms with Gasteiger partial charge in [0.2, 0.25) is 0 Å². The summed E-state index contributed by atoms with van der Waals surface area (Å²) in [6.07, 6.45) is 0.450. The fourth-order valence-corrected chi connectivity index (χ4v) is 0.901. The van der Waals surface area contributed by atoms with E-state index in [1.54, 1.807) is 10.7 Å². The average Bonchev–Trinajstić information content (AvgIpc) is 2.26. The molecule has 0 saturated heterocycles. The molecular formula is C7H10N4. The van der Waals surface area contributed by atoms with E-state index in [2.05, 4.69) is 5.10 Å². The van der Waals surface area contributed by atoms with Crippen LogP contribution in [-0.2, 0) is 6.54 Å². The molecule has 0 fully saturated rings. The standard InChI is InChI=1S/C7H10N4/c1-6-5-7(9)11(10-6)4-2-3-8/h5H,2,4,9H2,1H3. The number of aromatic nitrogens is 2. The third kappa shape index (κ3) is 1.71. The highest BCUT2D eigenvalue weighted by Gasteiger charge is 1.99. The lowest BCUT2D eigenvalue weighted by atomic mass is 10.4. The maximum Gasteiger partial charge on any atom is 0.121 e. The lowest BCUT2D eigenvalue weighted by Crippen LogP contribution is -2.03. The van der Waals surface area contributed by atoms with Crippen molar-refractivity contribution in [1.29, 1.82) is 5.26 Å². The zero-order valence-electron chi connectivity index (χ0n) is 6.41. The van der Waals surface area contributed by atoms with Crippen LogP contribution in [0.15, 0.2) is 6.07 Å². The Hall–Kier alpha value is -1.50. The maximum absolute atomic E-state index is 8.29. The third-order valence-corrected chi connectivity index (χ3v) is 1.37. The molecule has 11 heavy (non-hydrogen) atoms. The summed E-state index contributed by atoms with van der Waals surface area (Å²) in [6, 6.07) is 3.83. The molecule has 0 spiro atoms.